The number of aryl methyl sites for hydroxylation is 1. The molecule has 7 heteroatoms. The molecule has 3 rings (SSSR count). The number of amides is 1. The number of benzene rings is 1. The van der Waals surface area contributed by atoms with Gasteiger partial charge in [0.2, 0.25) is 0 Å². The predicted octanol–water partition coefficient (Wildman–Crippen LogP) is 1.83. The molecule has 1 aromatic carbocycles. The van der Waals surface area contributed by atoms with Crippen molar-refractivity contribution in [3.63, 3.8) is 0 Å². The number of hydrogen-bond donors (Lipinski definition) is 1. The van der Waals surface area contributed by atoms with E-state index >= 15 is 0 Å². The average Bonchev–Trinajstić information content (AvgIpc) is 2.93. The van der Waals surface area contributed by atoms with Gasteiger partial charge in [-0.25, -0.2) is 4.68 Å². The summed E-state index contributed by atoms with van der Waals surface area (Å²) in [6, 6.07) is 5.38. The Balaban J connectivity index is 1.83. The lowest BCUT2D eigenvalue weighted by Gasteiger charge is -2.35. The molecular weight excluding hydrogens is 296 g/mol. The standard InChI is InChI=1S/C16H20N4O3/c1-19-14-10-11(5-7-13(14)17-18-19)16(23)20-9-3-2-4-12(20)6-8-15(21)22/h5,7,10,12H,2-4,6,8-9H2,1H3,(H,21,22). The zero-order chi connectivity index (χ0) is 16.4. The van der Waals surface area contributed by atoms with Crippen molar-refractivity contribution in [2.45, 2.75) is 38.1 Å². The number of aromatic nitrogens is 3. The number of carboxylic acids is 1. The Morgan fingerprint density at radius 1 is 1.35 bits per heavy atom. The van der Waals surface area contributed by atoms with Gasteiger partial charge < -0.3 is 10.0 Å². The SMILES string of the molecule is Cn1nnc2ccc(C(=O)N3CCCCC3CCC(=O)O)cc21. The molecule has 1 aliphatic rings. The van der Waals surface area contributed by atoms with Crippen LogP contribution in [0.25, 0.3) is 11.0 Å². The third-order valence-corrected chi connectivity index (χ3v) is 4.44. The molecule has 7 nitrogen and oxygen atoms in total. The van der Waals surface area contributed by atoms with Crippen LogP contribution in [-0.4, -0.2) is 49.5 Å². The minimum Gasteiger partial charge on any atom is -0.481 e. The van der Waals surface area contributed by atoms with Crippen LogP contribution in [0.4, 0.5) is 0 Å². The third-order valence-electron chi connectivity index (χ3n) is 4.44. The highest BCUT2D eigenvalue weighted by Crippen LogP contribution is 2.24. The summed E-state index contributed by atoms with van der Waals surface area (Å²) in [4.78, 5) is 25.5. The van der Waals surface area contributed by atoms with E-state index in [-0.39, 0.29) is 18.4 Å². The molecule has 0 spiro atoms. The summed E-state index contributed by atoms with van der Waals surface area (Å²) >= 11 is 0. The zero-order valence-corrected chi connectivity index (χ0v) is 13.1. The van der Waals surface area contributed by atoms with E-state index in [0.717, 1.165) is 30.3 Å². The number of carbonyl (C=O) groups is 2. The Bertz CT molecular complexity index is 740. The van der Waals surface area contributed by atoms with Crippen molar-refractivity contribution in [3.8, 4) is 0 Å². The highest BCUT2D eigenvalue weighted by molar-refractivity contribution is 5.97. The van der Waals surface area contributed by atoms with E-state index in [1.165, 1.54) is 0 Å². The van der Waals surface area contributed by atoms with Crippen molar-refractivity contribution in [1.29, 1.82) is 0 Å². The largest absolute Gasteiger partial charge is 0.481 e. The molecule has 1 aromatic heterocycles. The quantitative estimate of drug-likeness (QED) is 0.929. The first-order chi connectivity index (χ1) is 11.1. The number of aliphatic carboxylic acids is 1. The molecule has 23 heavy (non-hydrogen) atoms. The van der Waals surface area contributed by atoms with E-state index < -0.39 is 5.97 Å². The monoisotopic (exact) mass is 316 g/mol. The molecule has 1 saturated heterocycles. The summed E-state index contributed by atoms with van der Waals surface area (Å²) in [5, 5.41) is 16.9. The van der Waals surface area contributed by atoms with Crippen molar-refractivity contribution >= 4 is 22.9 Å². The zero-order valence-electron chi connectivity index (χ0n) is 13.1. The number of nitrogens with zero attached hydrogens (tertiary/aromatic N) is 4. The summed E-state index contributed by atoms with van der Waals surface area (Å²) in [5.41, 5.74) is 2.17. The first kappa shape index (κ1) is 15.5. The Morgan fingerprint density at radius 2 is 2.17 bits per heavy atom. The summed E-state index contributed by atoms with van der Waals surface area (Å²) in [6.45, 7) is 0.685. The van der Waals surface area contributed by atoms with Crippen LogP contribution in [0, 0.1) is 0 Å². The van der Waals surface area contributed by atoms with Crippen LogP contribution in [0.3, 0.4) is 0 Å². The highest BCUT2D eigenvalue weighted by Gasteiger charge is 2.28. The van der Waals surface area contributed by atoms with Crippen LogP contribution >= 0.6 is 0 Å². The summed E-state index contributed by atoms with van der Waals surface area (Å²) in [5.74, 6) is -0.853. The number of carbonyl (C=O) groups excluding carboxylic acids is 1. The Kier molecular flexibility index (Phi) is 4.27. The first-order valence-electron chi connectivity index (χ1n) is 7.88. The van der Waals surface area contributed by atoms with Crippen molar-refractivity contribution in [3.05, 3.63) is 23.8 Å². The average molecular weight is 316 g/mol. The van der Waals surface area contributed by atoms with Gasteiger partial charge in [0.1, 0.15) is 5.52 Å². The number of piperidine rings is 1. The second-order valence-corrected chi connectivity index (χ2v) is 6.00. The smallest absolute Gasteiger partial charge is 0.303 e. The third kappa shape index (κ3) is 3.18. The van der Waals surface area contributed by atoms with E-state index in [1.54, 1.807) is 29.9 Å². The summed E-state index contributed by atoms with van der Waals surface area (Å²) in [6.07, 6.45) is 3.48. The normalized spacial score (nSPS) is 18.3. The number of hydrogen-bond acceptors (Lipinski definition) is 4. The van der Waals surface area contributed by atoms with Crippen molar-refractivity contribution < 1.29 is 14.7 Å². The molecule has 1 unspecified atom stereocenters. The fraction of sp³-hybridized carbons (Fsp3) is 0.500. The topological polar surface area (TPSA) is 88.3 Å². The van der Waals surface area contributed by atoms with Crippen molar-refractivity contribution in [2.24, 2.45) is 7.05 Å². The minimum atomic E-state index is -0.814. The van der Waals surface area contributed by atoms with E-state index in [4.69, 9.17) is 5.11 Å². The molecule has 1 atom stereocenters. The van der Waals surface area contributed by atoms with E-state index in [1.807, 2.05) is 4.90 Å². The molecule has 1 aliphatic heterocycles. The van der Waals surface area contributed by atoms with Gasteiger partial charge in [-0.1, -0.05) is 5.21 Å². The lowest BCUT2D eigenvalue weighted by Crippen LogP contribution is -2.44. The second-order valence-electron chi connectivity index (χ2n) is 6.00. The first-order valence-corrected chi connectivity index (χ1v) is 7.88. The molecule has 0 bridgehead atoms. The molecule has 2 heterocycles. The molecule has 0 saturated carbocycles. The molecule has 122 valence electrons. The summed E-state index contributed by atoms with van der Waals surface area (Å²) < 4.78 is 1.64. The van der Waals surface area contributed by atoms with Gasteiger partial charge in [0.15, 0.2) is 0 Å². The van der Waals surface area contributed by atoms with Gasteiger partial charge >= 0.3 is 5.97 Å². The number of fused-ring (bicyclic) bond motifs is 1. The van der Waals surface area contributed by atoms with Gasteiger partial charge in [0.25, 0.3) is 5.91 Å². The van der Waals surface area contributed by atoms with Gasteiger partial charge in [0, 0.05) is 31.6 Å². The number of likely N-dealkylation sites (tertiary alicyclic amines) is 1. The number of rotatable bonds is 4. The molecule has 0 aliphatic carbocycles. The minimum absolute atomic E-state index is 0.00714. The summed E-state index contributed by atoms with van der Waals surface area (Å²) in [7, 11) is 1.79. The van der Waals surface area contributed by atoms with Crippen LogP contribution in [0.2, 0.25) is 0 Å². The second kappa shape index (κ2) is 6.36. The maximum absolute atomic E-state index is 12.9. The van der Waals surface area contributed by atoms with Crippen molar-refractivity contribution in [1.82, 2.24) is 19.9 Å². The van der Waals surface area contributed by atoms with Crippen LogP contribution in [0.5, 0.6) is 0 Å². The molecule has 1 amide bonds. The van der Waals surface area contributed by atoms with Crippen LogP contribution in [0.15, 0.2) is 18.2 Å². The molecule has 1 N–H and O–H groups in total. The number of carboxylic acid groups (broad SMARTS) is 1. The Labute approximate surface area is 133 Å². The molecule has 1 fully saturated rings. The maximum atomic E-state index is 12.9. The van der Waals surface area contributed by atoms with Gasteiger partial charge in [-0.15, -0.1) is 5.10 Å². The Morgan fingerprint density at radius 3 is 2.96 bits per heavy atom. The van der Waals surface area contributed by atoms with Gasteiger partial charge in [-0.2, -0.15) is 0 Å². The van der Waals surface area contributed by atoms with Crippen LogP contribution in [-0.2, 0) is 11.8 Å². The van der Waals surface area contributed by atoms with Crippen LogP contribution in [0.1, 0.15) is 42.5 Å². The molecule has 0 radical (unpaired) electrons. The fourth-order valence-corrected chi connectivity index (χ4v) is 3.19. The van der Waals surface area contributed by atoms with Crippen molar-refractivity contribution in [2.75, 3.05) is 6.54 Å². The lowest BCUT2D eigenvalue weighted by atomic mass is 9.97. The van der Waals surface area contributed by atoms with Gasteiger partial charge in [-0.05, 0) is 43.9 Å². The Hall–Kier alpha value is -2.44. The van der Waals surface area contributed by atoms with E-state index in [2.05, 4.69) is 10.3 Å². The van der Waals surface area contributed by atoms with E-state index in [0.29, 0.717) is 18.5 Å². The molecule has 2 aromatic rings. The van der Waals surface area contributed by atoms with E-state index in [9.17, 15) is 9.59 Å². The maximum Gasteiger partial charge on any atom is 0.303 e. The van der Waals surface area contributed by atoms with Gasteiger partial charge in [-0.3, -0.25) is 9.59 Å². The lowest BCUT2D eigenvalue weighted by molar-refractivity contribution is -0.137. The predicted molar refractivity (Wildman–Crippen MR) is 84.1 cm³/mol. The fourth-order valence-electron chi connectivity index (χ4n) is 3.19. The highest BCUT2D eigenvalue weighted by atomic mass is 16.4. The van der Waals surface area contributed by atoms with Crippen LogP contribution < -0.4 is 0 Å². The van der Waals surface area contributed by atoms with Gasteiger partial charge in [0.05, 0.1) is 5.52 Å². The molecular formula is C16H20N4O3.